The van der Waals surface area contributed by atoms with Gasteiger partial charge >= 0.3 is 0 Å². The van der Waals surface area contributed by atoms with E-state index >= 15 is 0 Å². The molecule has 122 valence electrons. The lowest BCUT2D eigenvalue weighted by Gasteiger charge is -2.06. The Hall–Kier alpha value is -1.93. The lowest BCUT2D eigenvalue weighted by atomic mass is 10.3. The Balaban J connectivity index is 1.81. The molecule has 3 aromatic rings. The molecule has 0 unspecified atom stereocenters. The third-order valence-electron chi connectivity index (χ3n) is 3.54. The van der Waals surface area contributed by atoms with Crippen molar-refractivity contribution >= 4 is 17.5 Å². The van der Waals surface area contributed by atoms with Gasteiger partial charge in [0.15, 0.2) is 11.0 Å². The summed E-state index contributed by atoms with van der Waals surface area (Å²) in [4.78, 5) is 9.03. The molecule has 0 spiro atoms. The molecule has 23 heavy (non-hydrogen) atoms. The molecule has 8 heteroatoms. The minimum absolute atomic E-state index is 0.0929. The average molecular weight is 332 g/mol. The molecule has 0 bridgehead atoms. The lowest BCUT2D eigenvalue weighted by molar-refractivity contribution is 0.263. The summed E-state index contributed by atoms with van der Waals surface area (Å²) in [6.45, 7) is 6.82. The zero-order chi connectivity index (χ0) is 16.4. The zero-order valence-corrected chi connectivity index (χ0v) is 14.3. The van der Waals surface area contributed by atoms with Crippen molar-refractivity contribution in [2.24, 2.45) is 0 Å². The van der Waals surface area contributed by atoms with Gasteiger partial charge in [-0.25, -0.2) is 9.97 Å². The fourth-order valence-corrected chi connectivity index (χ4v) is 3.38. The van der Waals surface area contributed by atoms with Crippen LogP contribution >= 0.6 is 11.8 Å². The quantitative estimate of drug-likeness (QED) is 0.697. The van der Waals surface area contributed by atoms with Gasteiger partial charge in [0.2, 0.25) is 5.78 Å². The first-order chi connectivity index (χ1) is 11.1. The molecule has 3 heterocycles. The van der Waals surface area contributed by atoms with Crippen LogP contribution < -0.4 is 0 Å². The van der Waals surface area contributed by atoms with Crippen molar-refractivity contribution in [2.45, 2.75) is 51.3 Å². The molecule has 3 aromatic heterocycles. The number of nitrogens with zero attached hydrogens (tertiary/aromatic N) is 6. The van der Waals surface area contributed by atoms with E-state index in [1.165, 1.54) is 0 Å². The average Bonchev–Trinajstić information content (AvgIpc) is 3.09. The predicted octanol–water partition coefficient (Wildman–Crippen LogP) is 2.13. The van der Waals surface area contributed by atoms with Crippen LogP contribution in [-0.2, 0) is 18.9 Å². The second kappa shape index (κ2) is 6.67. The highest BCUT2D eigenvalue weighted by Gasteiger charge is 2.13. The molecule has 0 atom stereocenters. The summed E-state index contributed by atoms with van der Waals surface area (Å²) in [6.07, 6.45) is 2.98. The number of hydrogen-bond donors (Lipinski definition) is 1. The summed E-state index contributed by atoms with van der Waals surface area (Å²) >= 11 is 1.58. The van der Waals surface area contributed by atoms with Gasteiger partial charge in [0.25, 0.3) is 0 Å². The molecule has 0 fully saturated rings. The van der Waals surface area contributed by atoms with E-state index in [0.717, 1.165) is 41.0 Å². The van der Waals surface area contributed by atoms with Crippen LogP contribution in [0, 0.1) is 13.8 Å². The van der Waals surface area contributed by atoms with Crippen molar-refractivity contribution < 1.29 is 5.11 Å². The predicted molar refractivity (Wildman–Crippen MR) is 88.3 cm³/mol. The van der Waals surface area contributed by atoms with Gasteiger partial charge in [-0.1, -0.05) is 18.7 Å². The summed E-state index contributed by atoms with van der Waals surface area (Å²) in [5, 5.41) is 18.4. The van der Waals surface area contributed by atoms with E-state index in [1.54, 1.807) is 11.8 Å². The number of aliphatic hydroxyl groups excluding tert-OH is 1. The van der Waals surface area contributed by atoms with Crippen molar-refractivity contribution in [1.29, 1.82) is 0 Å². The molecule has 0 aromatic carbocycles. The van der Waals surface area contributed by atoms with Gasteiger partial charge in [-0.15, -0.1) is 10.2 Å². The maximum absolute atomic E-state index is 9.34. The van der Waals surface area contributed by atoms with Gasteiger partial charge in [-0.3, -0.25) is 4.40 Å². The fourth-order valence-electron chi connectivity index (χ4n) is 2.52. The molecule has 3 rings (SSSR count). The van der Waals surface area contributed by atoms with E-state index in [4.69, 9.17) is 0 Å². The van der Waals surface area contributed by atoms with E-state index in [-0.39, 0.29) is 6.61 Å². The summed E-state index contributed by atoms with van der Waals surface area (Å²) in [5.41, 5.74) is 3.04. The Morgan fingerprint density at radius 3 is 2.78 bits per heavy atom. The van der Waals surface area contributed by atoms with E-state index in [0.29, 0.717) is 11.6 Å². The summed E-state index contributed by atoms with van der Waals surface area (Å²) in [6, 6.07) is 2.04. The van der Waals surface area contributed by atoms with Crippen LogP contribution in [0.3, 0.4) is 0 Å². The first kappa shape index (κ1) is 15.9. The summed E-state index contributed by atoms with van der Waals surface area (Å²) in [5.74, 6) is 2.02. The molecule has 1 N–H and O–H groups in total. The van der Waals surface area contributed by atoms with E-state index in [9.17, 15) is 5.11 Å². The highest BCUT2D eigenvalue weighted by Crippen LogP contribution is 2.22. The van der Waals surface area contributed by atoms with Gasteiger partial charge in [-0.05, 0) is 26.3 Å². The van der Waals surface area contributed by atoms with Crippen molar-refractivity contribution in [2.75, 3.05) is 0 Å². The highest BCUT2D eigenvalue weighted by molar-refractivity contribution is 7.98. The summed E-state index contributed by atoms with van der Waals surface area (Å²) < 4.78 is 3.97. The molecular formula is C15H20N6OS. The van der Waals surface area contributed by atoms with Gasteiger partial charge < -0.3 is 9.67 Å². The van der Waals surface area contributed by atoms with Crippen LogP contribution in [0.5, 0.6) is 0 Å². The van der Waals surface area contributed by atoms with Crippen LogP contribution in [0.1, 0.15) is 36.3 Å². The Bertz CT molecular complexity index is 825. The molecule has 0 radical (unpaired) electrons. The van der Waals surface area contributed by atoms with Crippen LogP contribution in [0.2, 0.25) is 0 Å². The van der Waals surface area contributed by atoms with Crippen molar-refractivity contribution in [1.82, 2.24) is 29.1 Å². The standard InChI is InChI=1S/C15H20N6OS/c1-4-5-20-13(8-22)18-19-15(20)23-9-12-7-21-11(3)6-10(2)16-14(21)17-12/h6-7,22H,4-5,8-9H2,1-3H3. The highest BCUT2D eigenvalue weighted by atomic mass is 32.2. The molecule has 0 aliphatic heterocycles. The normalized spacial score (nSPS) is 11.5. The minimum Gasteiger partial charge on any atom is -0.388 e. The maximum atomic E-state index is 9.34. The van der Waals surface area contributed by atoms with Crippen LogP contribution in [0.25, 0.3) is 5.78 Å². The van der Waals surface area contributed by atoms with Crippen molar-refractivity contribution in [3.8, 4) is 0 Å². The number of rotatable bonds is 6. The monoisotopic (exact) mass is 332 g/mol. The molecule has 0 saturated heterocycles. The molecule has 0 saturated carbocycles. The van der Waals surface area contributed by atoms with Crippen LogP contribution in [0.15, 0.2) is 17.4 Å². The number of aliphatic hydroxyl groups is 1. The smallest absolute Gasteiger partial charge is 0.234 e. The third-order valence-corrected chi connectivity index (χ3v) is 4.54. The van der Waals surface area contributed by atoms with Crippen molar-refractivity contribution in [3.63, 3.8) is 0 Å². The Labute approximate surface area is 138 Å². The minimum atomic E-state index is -0.0929. The molecule has 0 aliphatic rings. The fraction of sp³-hybridized carbons (Fsp3) is 0.467. The largest absolute Gasteiger partial charge is 0.388 e. The van der Waals surface area contributed by atoms with Gasteiger partial charge in [0.1, 0.15) is 6.61 Å². The number of fused-ring (bicyclic) bond motifs is 1. The maximum Gasteiger partial charge on any atom is 0.234 e. The Morgan fingerprint density at radius 2 is 2.04 bits per heavy atom. The van der Waals surface area contributed by atoms with Gasteiger partial charge in [0.05, 0.1) is 5.69 Å². The van der Waals surface area contributed by atoms with Gasteiger partial charge in [-0.2, -0.15) is 0 Å². The SMILES string of the molecule is CCCn1c(CO)nnc1SCc1cn2c(C)cc(C)nc2n1. The number of aryl methyl sites for hydroxylation is 2. The number of hydrogen-bond acceptors (Lipinski definition) is 6. The number of imidazole rings is 1. The first-order valence-electron chi connectivity index (χ1n) is 7.60. The second-order valence-corrected chi connectivity index (χ2v) is 6.38. The van der Waals surface area contributed by atoms with Crippen molar-refractivity contribution in [3.05, 3.63) is 35.2 Å². The topological polar surface area (TPSA) is 81.1 Å². The van der Waals surface area contributed by atoms with Crippen LogP contribution in [0.4, 0.5) is 0 Å². The van der Waals surface area contributed by atoms with Crippen LogP contribution in [-0.4, -0.2) is 34.2 Å². The Morgan fingerprint density at radius 1 is 1.22 bits per heavy atom. The molecular weight excluding hydrogens is 312 g/mol. The molecule has 7 nitrogen and oxygen atoms in total. The van der Waals surface area contributed by atoms with E-state index in [2.05, 4.69) is 27.1 Å². The first-order valence-corrected chi connectivity index (χ1v) is 8.59. The second-order valence-electron chi connectivity index (χ2n) is 5.44. The Kier molecular flexibility index (Phi) is 4.63. The number of aromatic nitrogens is 6. The summed E-state index contributed by atoms with van der Waals surface area (Å²) in [7, 11) is 0. The lowest BCUT2D eigenvalue weighted by Crippen LogP contribution is -2.04. The van der Waals surface area contributed by atoms with Gasteiger partial charge in [0, 0.05) is 29.9 Å². The molecule has 0 aliphatic carbocycles. The van der Waals surface area contributed by atoms with E-state index in [1.807, 2.05) is 35.1 Å². The number of thioether (sulfide) groups is 1. The molecule has 0 amide bonds. The zero-order valence-electron chi connectivity index (χ0n) is 13.5. The van der Waals surface area contributed by atoms with E-state index < -0.39 is 0 Å². The third kappa shape index (κ3) is 3.23.